The molecule has 2 atom stereocenters. The third kappa shape index (κ3) is 2.05. The van der Waals surface area contributed by atoms with Crippen molar-refractivity contribution in [3.8, 4) is 0 Å². The SMILES string of the molecule is C[C@H]1CCCC[C@H]1c1cc(Cl)n2ncc(Br)c2n1. The smallest absolute Gasteiger partial charge is 0.171 e. The van der Waals surface area contributed by atoms with Crippen LogP contribution in [0.1, 0.15) is 44.2 Å². The number of aromatic nitrogens is 3. The molecule has 1 fully saturated rings. The first-order chi connectivity index (χ1) is 8.66. The van der Waals surface area contributed by atoms with E-state index in [0.717, 1.165) is 15.8 Å². The van der Waals surface area contributed by atoms with Crippen LogP contribution in [0.3, 0.4) is 0 Å². The highest BCUT2D eigenvalue weighted by atomic mass is 79.9. The number of hydrogen-bond acceptors (Lipinski definition) is 2. The van der Waals surface area contributed by atoms with E-state index in [1.165, 1.54) is 25.7 Å². The Kier molecular flexibility index (Phi) is 3.32. The first kappa shape index (κ1) is 12.4. The van der Waals surface area contributed by atoms with Crippen molar-refractivity contribution in [3.05, 3.63) is 27.6 Å². The molecule has 2 aromatic rings. The molecule has 1 aliphatic carbocycles. The Morgan fingerprint density at radius 2 is 2.17 bits per heavy atom. The van der Waals surface area contributed by atoms with E-state index < -0.39 is 0 Å². The second-order valence-electron chi connectivity index (χ2n) is 5.10. The molecule has 18 heavy (non-hydrogen) atoms. The zero-order valence-corrected chi connectivity index (χ0v) is 12.6. The second kappa shape index (κ2) is 4.82. The Hall–Kier alpha value is -0.610. The maximum atomic E-state index is 6.28. The molecule has 96 valence electrons. The van der Waals surface area contributed by atoms with Crippen LogP contribution >= 0.6 is 27.5 Å². The minimum absolute atomic E-state index is 0.531. The lowest BCUT2D eigenvalue weighted by atomic mass is 9.78. The zero-order chi connectivity index (χ0) is 12.7. The minimum atomic E-state index is 0.531. The summed E-state index contributed by atoms with van der Waals surface area (Å²) in [5, 5.41) is 4.84. The summed E-state index contributed by atoms with van der Waals surface area (Å²) < 4.78 is 2.57. The second-order valence-corrected chi connectivity index (χ2v) is 6.34. The summed E-state index contributed by atoms with van der Waals surface area (Å²) in [7, 11) is 0. The Morgan fingerprint density at radius 1 is 1.39 bits per heavy atom. The quantitative estimate of drug-likeness (QED) is 0.724. The van der Waals surface area contributed by atoms with Crippen LogP contribution < -0.4 is 0 Å². The molecule has 0 aromatic carbocycles. The van der Waals surface area contributed by atoms with Crippen molar-refractivity contribution in [3.63, 3.8) is 0 Å². The lowest BCUT2D eigenvalue weighted by Gasteiger charge is -2.28. The van der Waals surface area contributed by atoms with Gasteiger partial charge < -0.3 is 0 Å². The highest BCUT2D eigenvalue weighted by Gasteiger charge is 2.25. The van der Waals surface area contributed by atoms with Crippen molar-refractivity contribution >= 4 is 33.2 Å². The van der Waals surface area contributed by atoms with Crippen LogP contribution in [0.5, 0.6) is 0 Å². The summed E-state index contributed by atoms with van der Waals surface area (Å²) in [6.07, 6.45) is 6.87. The monoisotopic (exact) mass is 327 g/mol. The Labute approximate surface area is 120 Å². The maximum absolute atomic E-state index is 6.28. The molecule has 3 nitrogen and oxygen atoms in total. The van der Waals surface area contributed by atoms with Crippen LogP contribution in [0.25, 0.3) is 5.65 Å². The van der Waals surface area contributed by atoms with Gasteiger partial charge in [0.15, 0.2) is 5.65 Å². The van der Waals surface area contributed by atoms with Gasteiger partial charge in [-0.3, -0.25) is 0 Å². The van der Waals surface area contributed by atoms with Crippen LogP contribution in [0.15, 0.2) is 16.7 Å². The van der Waals surface area contributed by atoms with Gasteiger partial charge in [0.2, 0.25) is 0 Å². The largest absolute Gasteiger partial charge is 0.232 e. The molecule has 0 aliphatic heterocycles. The molecule has 0 N–H and O–H groups in total. The van der Waals surface area contributed by atoms with E-state index in [0.29, 0.717) is 17.0 Å². The lowest BCUT2D eigenvalue weighted by molar-refractivity contribution is 0.325. The average molecular weight is 329 g/mol. The molecule has 3 rings (SSSR count). The minimum Gasteiger partial charge on any atom is -0.232 e. The molecule has 1 aliphatic rings. The van der Waals surface area contributed by atoms with Gasteiger partial charge in [0.25, 0.3) is 0 Å². The Bertz CT molecular complexity index is 581. The standard InChI is InChI=1S/C13H15BrClN3/c1-8-4-2-3-5-9(8)11-6-12(15)18-13(17-11)10(14)7-16-18/h6-9H,2-5H2,1H3/t8-,9+/m0/s1. The molecule has 5 heteroatoms. The summed E-state index contributed by atoms with van der Waals surface area (Å²) in [6, 6.07) is 1.97. The molecule has 0 bridgehead atoms. The molecule has 1 saturated carbocycles. The number of hydrogen-bond donors (Lipinski definition) is 0. The van der Waals surface area contributed by atoms with Crippen LogP contribution in [0.2, 0.25) is 5.15 Å². The van der Waals surface area contributed by atoms with Crippen LogP contribution in [-0.2, 0) is 0 Å². The first-order valence-electron chi connectivity index (χ1n) is 6.36. The van der Waals surface area contributed by atoms with Gasteiger partial charge in [-0.2, -0.15) is 5.10 Å². The third-order valence-electron chi connectivity index (χ3n) is 3.90. The summed E-state index contributed by atoms with van der Waals surface area (Å²) in [6.45, 7) is 2.31. The summed E-state index contributed by atoms with van der Waals surface area (Å²) in [4.78, 5) is 4.74. The van der Waals surface area contributed by atoms with E-state index in [4.69, 9.17) is 16.6 Å². The molecule has 0 radical (unpaired) electrons. The van der Waals surface area contributed by atoms with Crippen LogP contribution in [0.4, 0.5) is 0 Å². The molecular formula is C13H15BrClN3. The topological polar surface area (TPSA) is 30.2 Å². The highest BCUT2D eigenvalue weighted by Crippen LogP contribution is 2.37. The number of halogens is 2. The van der Waals surface area contributed by atoms with Crippen molar-refractivity contribution in [1.82, 2.24) is 14.6 Å². The maximum Gasteiger partial charge on any atom is 0.171 e. The molecule has 0 spiro atoms. The fourth-order valence-corrected chi connectivity index (χ4v) is 3.45. The predicted octanol–water partition coefficient (Wildman–Crippen LogP) is 4.44. The van der Waals surface area contributed by atoms with E-state index in [-0.39, 0.29) is 0 Å². The molecular weight excluding hydrogens is 314 g/mol. The van der Waals surface area contributed by atoms with Gasteiger partial charge in [0, 0.05) is 11.6 Å². The summed E-state index contributed by atoms with van der Waals surface area (Å²) in [5.74, 6) is 1.22. The van der Waals surface area contributed by atoms with Gasteiger partial charge >= 0.3 is 0 Å². The molecule has 0 saturated heterocycles. The van der Waals surface area contributed by atoms with Crippen molar-refractivity contribution in [2.24, 2.45) is 5.92 Å². The van der Waals surface area contributed by atoms with E-state index in [2.05, 4.69) is 28.0 Å². The van der Waals surface area contributed by atoms with E-state index in [9.17, 15) is 0 Å². The average Bonchev–Trinajstić information content (AvgIpc) is 2.72. The summed E-state index contributed by atoms with van der Waals surface area (Å²) >= 11 is 9.75. The third-order valence-corrected chi connectivity index (χ3v) is 4.73. The van der Waals surface area contributed by atoms with Gasteiger partial charge in [-0.1, -0.05) is 37.8 Å². The van der Waals surface area contributed by atoms with Crippen LogP contribution in [0, 0.1) is 5.92 Å². The van der Waals surface area contributed by atoms with Crippen molar-refractivity contribution in [2.45, 2.75) is 38.5 Å². The van der Waals surface area contributed by atoms with E-state index in [1.54, 1.807) is 10.7 Å². The number of rotatable bonds is 1. The molecule has 0 amide bonds. The van der Waals surface area contributed by atoms with Crippen LogP contribution in [-0.4, -0.2) is 14.6 Å². The molecule has 2 heterocycles. The lowest BCUT2D eigenvalue weighted by Crippen LogP contribution is -2.16. The van der Waals surface area contributed by atoms with Crippen molar-refractivity contribution < 1.29 is 0 Å². The van der Waals surface area contributed by atoms with Gasteiger partial charge in [-0.15, -0.1) is 0 Å². The fourth-order valence-electron chi connectivity index (χ4n) is 2.86. The van der Waals surface area contributed by atoms with Gasteiger partial charge in [0.05, 0.1) is 10.7 Å². The first-order valence-corrected chi connectivity index (χ1v) is 7.53. The number of fused-ring (bicyclic) bond motifs is 1. The Morgan fingerprint density at radius 3 is 2.94 bits per heavy atom. The van der Waals surface area contributed by atoms with E-state index in [1.807, 2.05) is 6.07 Å². The molecule has 0 unspecified atom stereocenters. The highest BCUT2D eigenvalue weighted by molar-refractivity contribution is 9.10. The van der Waals surface area contributed by atoms with Gasteiger partial charge in [0.1, 0.15) is 5.15 Å². The van der Waals surface area contributed by atoms with Crippen molar-refractivity contribution in [1.29, 1.82) is 0 Å². The van der Waals surface area contributed by atoms with Gasteiger partial charge in [-0.05, 0) is 34.3 Å². The van der Waals surface area contributed by atoms with E-state index >= 15 is 0 Å². The summed E-state index contributed by atoms with van der Waals surface area (Å²) in [5.41, 5.74) is 1.93. The van der Waals surface area contributed by atoms with Crippen molar-refractivity contribution in [2.75, 3.05) is 0 Å². The Balaban J connectivity index is 2.08. The molecule has 2 aromatic heterocycles. The van der Waals surface area contributed by atoms with Gasteiger partial charge in [-0.25, -0.2) is 9.50 Å². The fraction of sp³-hybridized carbons (Fsp3) is 0.538. The predicted molar refractivity (Wildman–Crippen MR) is 76.1 cm³/mol. The normalized spacial score (nSPS) is 24.6. The zero-order valence-electron chi connectivity index (χ0n) is 10.2. The number of nitrogens with zero attached hydrogens (tertiary/aromatic N) is 3.